The number of anilines is 1. The maximum Gasteiger partial charge on any atom is 0.227 e. The van der Waals surface area contributed by atoms with Crippen LogP contribution in [-0.2, 0) is 22.5 Å². The van der Waals surface area contributed by atoms with Crippen molar-refractivity contribution < 1.29 is 9.53 Å². The van der Waals surface area contributed by atoms with Gasteiger partial charge in [-0.05, 0) is 30.7 Å². The molecule has 1 saturated heterocycles. The van der Waals surface area contributed by atoms with E-state index in [1.165, 1.54) is 0 Å². The van der Waals surface area contributed by atoms with Crippen molar-refractivity contribution in [3.8, 4) is 0 Å². The standard InChI is InChI=1S/C18H24N4O2/c1-15(14-22-8-2-7-19-22)20-17-5-3-16(4-6-17)13-18(23)21-9-11-24-12-10-21/h2-8,15,20H,9-14H2,1H3. The fraction of sp³-hybridized carbons (Fsp3) is 0.444. The predicted octanol–water partition coefficient (Wildman–Crippen LogP) is 1.78. The number of benzene rings is 1. The third kappa shape index (κ3) is 4.58. The van der Waals surface area contributed by atoms with Crippen molar-refractivity contribution in [3.05, 3.63) is 48.3 Å². The summed E-state index contributed by atoms with van der Waals surface area (Å²) in [6.45, 7) is 5.61. The van der Waals surface area contributed by atoms with E-state index < -0.39 is 0 Å². The van der Waals surface area contributed by atoms with Gasteiger partial charge in [0.05, 0.1) is 26.2 Å². The van der Waals surface area contributed by atoms with Gasteiger partial charge in [-0.3, -0.25) is 9.48 Å². The van der Waals surface area contributed by atoms with Gasteiger partial charge in [0.1, 0.15) is 0 Å². The maximum absolute atomic E-state index is 12.3. The molecule has 0 radical (unpaired) electrons. The number of nitrogens with zero attached hydrogens (tertiary/aromatic N) is 3. The summed E-state index contributed by atoms with van der Waals surface area (Å²) in [5, 5.41) is 7.67. The van der Waals surface area contributed by atoms with Crippen molar-refractivity contribution in [1.29, 1.82) is 0 Å². The Balaban J connectivity index is 1.50. The van der Waals surface area contributed by atoms with Crippen LogP contribution in [-0.4, -0.2) is 52.9 Å². The van der Waals surface area contributed by atoms with Crippen LogP contribution in [0.25, 0.3) is 0 Å². The third-order valence-electron chi connectivity index (χ3n) is 4.11. The third-order valence-corrected chi connectivity index (χ3v) is 4.11. The molecule has 0 bridgehead atoms. The van der Waals surface area contributed by atoms with E-state index >= 15 is 0 Å². The van der Waals surface area contributed by atoms with Crippen LogP contribution in [0, 0.1) is 0 Å². The molecule has 3 rings (SSSR count). The monoisotopic (exact) mass is 328 g/mol. The molecular formula is C18H24N4O2. The van der Waals surface area contributed by atoms with Crippen molar-refractivity contribution in [2.45, 2.75) is 25.9 Å². The topological polar surface area (TPSA) is 59.4 Å². The number of hydrogen-bond acceptors (Lipinski definition) is 4. The Morgan fingerprint density at radius 2 is 2.04 bits per heavy atom. The molecule has 2 aromatic rings. The highest BCUT2D eigenvalue weighted by Crippen LogP contribution is 2.13. The van der Waals surface area contributed by atoms with Crippen molar-refractivity contribution >= 4 is 11.6 Å². The van der Waals surface area contributed by atoms with Crippen LogP contribution in [0.2, 0.25) is 0 Å². The van der Waals surface area contributed by atoms with E-state index in [0.29, 0.717) is 32.7 Å². The Bertz CT molecular complexity index is 634. The molecule has 1 amide bonds. The van der Waals surface area contributed by atoms with Gasteiger partial charge in [-0.2, -0.15) is 5.10 Å². The van der Waals surface area contributed by atoms with E-state index in [1.54, 1.807) is 6.20 Å². The Hall–Kier alpha value is -2.34. The van der Waals surface area contributed by atoms with E-state index in [9.17, 15) is 4.79 Å². The average Bonchev–Trinajstić information content (AvgIpc) is 3.10. The van der Waals surface area contributed by atoms with Gasteiger partial charge in [-0.1, -0.05) is 12.1 Å². The Kier molecular flexibility index (Phi) is 5.48. The van der Waals surface area contributed by atoms with E-state index in [1.807, 2.05) is 46.1 Å². The lowest BCUT2D eigenvalue weighted by Gasteiger charge is -2.26. The minimum absolute atomic E-state index is 0.172. The van der Waals surface area contributed by atoms with Gasteiger partial charge in [0, 0.05) is 37.2 Å². The van der Waals surface area contributed by atoms with E-state index in [-0.39, 0.29) is 11.9 Å². The lowest BCUT2D eigenvalue weighted by Crippen LogP contribution is -2.41. The van der Waals surface area contributed by atoms with E-state index in [4.69, 9.17) is 4.74 Å². The van der Waals surface area contributed by atoms with Gasteiger partial charge < -0.3 is 15.0 Å². The summed E-state index contributed by atoms with van der Waals surface area (Å²) in [6.07, 6.45) is 4.19. The average molecular weight is 328 g/mol. The summed E-state index contributed by atoms with van der Waals surface area (Å²) in [5.74, 6) is 0.172. The molecular weight excluding hydrogens is 304 g/mol. The van der Waals surface area contributed by atoms with Crippen LogP contribution >= 0.6 is 0 Å². The molecule has 128 valence electrons. The molecule has 0 aliphatic carbocycles. The molecule has 0 spiro atoms. The first-order valence-corrected chi connectivity index (χ1v) is 8.39. The quantitative estimate of drug-likeness (QED) is 0.878. The fourth-order valence-corrected chi connectivity index (χ4v) is 2.84. The molecule has 6 nitrogen and oxygen atoms in total. The Morgan fingerprint density at radius 1 is 1.29 bits per heavy atom. The second-order valence-corrected chi connectivity index (χ2v) is 6.14. The molecule has 1 aromatic carbocycles. The highest BCUT2D eigenvalue weighted by atomic mass is 16.5. The van der Waals surface area contributed by atoms with Crippen LogP contribution in [0.5, 0.6) is 0 Å². The van der Waals surface area contributed by atoms with Gasteiger partial charge in [-0.15, -0.1) is 0 Å². The molecule has 6 heteroatoms. The first-order chi connectivity index (χ1) is 11.7. The van der Waals surface area contributed by atoms with Gasteiger partial charge in [0.25, 0.3) is 0 Å². The molecule has 1 unspecified atom stereocenters. The first kappa shape index (κ1) is 16.5. The molecule has 1 atom stereocenters. The zero-order valence-electron chi connectivity index (χ0n) is 14.0. The van der Waals surface area contributed by atoms with E-state index in [0.717, 1.165) is 17.8 Å². The number of carbonyl (C=O) groups is 1. The van der Waals surface area contributed by atoms with Gasteiger partial charge in [0.15, 0.2) is 0 Å². The number of hydrogen-bond donors (Lipinski definition) is 1. The number of morpholine rings is 1. The summed E-state index contributed by atoms with van der Waals surface area (Å²) in [5.41, 5.74) is 2.09. The van der Waals surface area contributed by atoms with Crippen LogP contribution in [0.15, 0.2) is 42.7 Å². The second kappa shape index (κ2) is 7.97. The normalized spacial score (nSPS) is 16.0. The minimum atomic E-state index is 0.172. The predicted molar refractivity (Wildman–Crippen MR) is 92.9 cm³/mol. The van der Waals surface area contributed by atoms with Crippen molar-refractivity contribution in [3.63, 3.8) is 0 Å². The number of aromatic nitrogens is 2. The molecule has 1 aliphatic rings. The number of rotatable bonds is 6. The highest BCUT2D eigenvalue weighted by Gasteiger charge is 2.16. The lowest BCUT2D eigenvalue weighted by molar-refractivity contribution is -0.134. The second-order valence-electron chi connectivity index (χ2n) is 6.14. The van der Waals surface area contributed by atoms with Gasteiger partial charge >= 0.3 is 0 Å². The van der Waals surface area contributed by atoms with E-state index in [2.05, 4.69) is 17.3 Å². The van der Waals surface area contributed by atoms with Crippen LogP contribution in [0.4, 0.5) is 5.69 Å². The SMILES string of the molecule is CC(Cn1cccn1)Nc1ccc(CC(=O)N2CCOCC2)cc1. The highest BCUT2D eigenvalue weighted by molar-refractivity contribution is 5.79. The molecule has 1 N–H and O–H groups in total. The summed E-state index contributed by atoms with van der Waals surface area (Å²) in [4.78, 5) is 14.1. The minimum Gasteiger partial charge on any atom is -0.381 e. The van der Waals surface area contributed by atoms with Crippen molar-refractivity contribution in [2.75, 3.05) is 31.6 Å². The molecule has 1 aromatic heterocycles. The molecule has 24 heavy (non-hydrogen) atoms. The summed E-state index contributed by atoms with van der Waals surface area (Å²) < 4.78 is 7.19. The van der Waals surface area contributed by atoms with Crippen molar-refractivity contribution in [1.82, 2.24) is 14.7 Å². The number of nitrogens with one attached hydrogen (secondary N) is 1. The van der Waals surface area contributed by atoms with Crippen LogP contribution < -0.4 is 5.32 Å². The molecule has 1 fully saturated rings. The van der Waals surface area contributed by atoms with Crippen molar-refractivity contribution in [2.24, 2.45) is 0 Å². The Morgan fingerprint density at radius 3 is 2.71 bits per heavy atom. The summed E-state index contributed by atoms with van der Waals surface area (Å²) in [7, 11) is 0. The lowest BCUT2D eigenvalue weighted by atomic mass is 10.1. The van der Waals surface area contributed by atoms with Gasteiger partial charge in [-0.25, -0.2) is 0 Å². The van der Waals surface area contributed by atoms with Crippen LogP contribution in [0.1, 0.15) is 12.5 Å². The zero-order valence-corrected chi connectivity index (χ0v) is 14.0. The molecule has 0 saturated carbocycles. The van der Waals surface area contributed by atoms with Gasteiger partial charge in [0.2, 0.25) is 5.91 Å². The molecule has 2 heterocycles. The fourth-order valence-electron chi connectivity index (χ4n) is 2.84. The summed E-state index contributed by atoms with van der Waals surface area (Å²) >= 11 is 0. The zero-order chi connectivity index (χ0) is 16.8. The summed E-state index contributed by atoms with van der Waals surface area (Å²) in [6, 6.07) is 10.3. The first-order valence-electron chi connectivity index (χ1n) is 8.39. The number of amides is 1. The largest absolute Gasteiger partial charge is 0.381 e. The molecule has 1 aliphatic heterocycles. The number of carbonyl (C=O) groups excluding carboxylic acids is 1. The Labute approximate surface area is 142 Å². The maximum atomic E-state index is 12.3. The smallest absolute Gasteiger partial charge is 0.227 e. The number of ether oxygens (including phenoxy) is 1. The van der Waals surface area contributed by atoms with Crippen LogP contribution in [0.3, 0.4) is 0 Å².